The van der Waals surface area contributed by atoms with Gasteiger partial charge in [0.05, 0.1) is 0 Å². The van der Waals surface area contributed by atoms with Crippen LogP contribution in [0, 0.1) is 17.5 Å². The number of nitrogens with zero attached hydrogens (tertiary/aromatic N) is 3. The topological polar surface area (TPSA) is 52.6 Å². The molecule has 2 aromatic rings. The van der Waals surface area contributed by atoms with Gasteiger partial charge < -0.3 is 15.5 Å². The normalized spacial score (nSPS) is 17.6. The summed E-state index contributed by atoms with van der Waals surface area (Å²) in [4.78, 5) is 10.2. The fourth-order valence-corrected chi connectivity index (χ4v) is 3.26. The Kier molecular flexibility index (Phi) is 8.54. The number of halogens is 4. The number of benzene rings is 1. The van der Waals surface area contributed by atoms with Crippen molar-refractivity contribution in [2.24, 2.45) is 4.99 Å². The molecule has 158 valence electrons. The second kappa shape index (κ2) is 10.7. The van der Waals surface area contributed by atoms with E-state index in [1.165, 1.54) is 12.1 Å². The second-order valence-electron chi connectivity index (χ2n) is 6.91. The summed E-state index contributed by atoms with van der Waals surface area (Å²) in [5.74, 6) is -1.08. The Morgan fingerprint density at radius 3 is 2.72 bits per heavy atom. The lowest BCUT2D eigenvalue weighted by atomic mass is 10.0. The Bertz CT molecular complexity index is 849. The number of rotatable bonds is 5. The molecule has 2 N–H and O–H groups in total. The van der Waals surface area contributed by atoms with Gasteiger partial charge in [-0.05, 0) is 42.2 Å². The average molecular weight is 519 g/mol. The van der Waals surface area contributed by atoms with E-state index in [9.17, 15) is 13.2 Å². The van der Waals surface area contributed by atoms with Crippen molar-refractivity contribution < 1.29 is 13.2 Å². The maximum Gasteiger partial charge on any atom is 0.191 e. The maximum absolute atomic E-state index is 13.9. The number of hydrogen-bond acceptors (Lipinski definition) is 3. The van der Waals surface area contributed by atoms with Crippen LogP contribution in [0.5, 0.6) is 0 Å². The average Bonchev–Trinajstić information content (AvgIpc) is 3.15. The number of hydrogen-bond donors (Lipinski definition) is 2. The standard InChI is InChI=1S/C20H24F3N5.HI/c1-13(14-5-6-16(21)18(23)10-14)11-26-20(24-2)27-15-7-9-28(12-15)19-17(22)4-3-8-25-19;/h3-6,8,10,13,15H,7,9,11-12H2,1-2H3,(H2,24,26,27);1H. The molecule has 2 atom stereocenters. The third kappa shape index (κ3) is 5.97. The molecule has 9 heteroatoms. The van der Waals surface area contributed by atoms with Gasteiger partial charge in [-0.25, -0.2) is 18.2 Å². The molecular weight excluding hydrogens is 494 g/mol. The predicted octanol–water partition coefficient (Wildman–Crippen LogP) is 3.66. The molecule has 0 saturated carbocycles. The van der Waals surface area contributed by atoms with E-state index in [0.29, 0.717) is 37.0 Å². The summed E-state index contributed by atoms with van der Waals surface area (Å²) >= 11 is 0. The minimum atomic E-state index is -0.850. The van der Waals surface area contributed by atoms with Crippen LogP contribution in [0.15, 0.2) is 41.5 Å². The zero-order chi connectivity index (χ0) is 20.1. The van der Waals surface area contributed by atoms with E-state index in [2.05, 4.69) is 20.6 Å². The first kappa shape index (κ1) is 23.2. The summed E-state index contributed by atoms with van der Waals surface area (Å²) in [6.07, 6.45) is 2.41. The van der Waals surface area contributed by atoms with E-state index in [4.69, 9.17) is 0 Å². The van der Waals surface area contributed by atoms with Crippen LogP contribution in [0.3, 0.4) is 0 Å². The third-order valence-electron chi connectivity index (χ3n) is 4.88. The number of guanidine groups is 1. The van der Waals surface area contributed by atoms with Gasteiger partial charge in [0.1, 0.15) is 0 Å². The van der Waals surface area contributed by atoms with Crippen LogP contribution in [0.1, 0.15) is 24.8 Å². The highest BCUT2D eigenvalue weighted by Gasteiger charge is 2.26. The van der Waals surface area contributed by atoms with E-state index in [1.807, 2.05) is 11.8 Å². The monoisotopic (exact) mass is 519 g/mol. The molecule has 0 aliphatic carbocycles. The van der Waals surface area contributed by atoms with E-state index >= 15 is 0 Å². The Morgan fingerprint density at radius 2 is 2.03 bits per heavy atom. The van der Waals surface area contributed by atoms with Crippen LogP contribution >= 0.6 is 24.0 Å². The molecule has 5 nitrogen and oxygen atoms in total. The van der Waals surface area contributed by atoms with Crippen LogP contribution in [-0.2, 0) is 0 Å². The first-order chi connectivity index (χ1) is 13.5. The van der Waals surface area contributed by atoms with Gasteiger partial charge in [-0.2, -0.15) is 0 Å². The zero-order valence-corrected chi connectivity index (χ0v) is 18.7. The van der Waals surface area contributed by atoms with Crippen molar-refractivity contribution in [1.29, 1.82) is 0 Å². The Balaban J connectivity index is 0.00000300. The van der Waals surface area contributed by atoms with Crippen molar-refractivity contribution in [2.45, 2.75) is 25.3 Å². The zero-order valence-electron chi connectivity index (χ0n) is 16.3. The number of aromatic nitrogens is 1. The molecule has 29 heavy (non-hydrogen) atoms. The van der Waals surface area contributed by atoms with Crippen molar-refractivity contribution in [3.63, 3.8) is 0 Å². The molecule has 0 spiro atoms. The van der Waals surface area contributed by atoms with Crippen molar-refractivity contribution in [2.75, 3.05) is 31.6 Å². The lowest BCUT2D eigenvalue weighted by Crippen LogP contribution is -2.45. The molecule has 0 amide bonds. The van der Waals surface area contributed by atoms with Crippen LogP contribution in [-0.4, -0.2) is 43.7 Å². The minimum Gasteiger partial charge on any atom is -0.356 e. The lowest BCUT2D eigenvalue weighted by Gasteiger charge is -2.21. The number of aliphatic imine (C=N–C) groups is 1. The summed E-state index contributed by atoms with van der Waals surface area (Å²) in [6, 6.07) is 7.02. The molecule has 1 fully saturated rings. The summed E-state index contributed by atoms with van der Waals surface area (Å²) < 4.78 is 40.4. The SMILES string of the molecule is CN=C(NCC(C)c1ccc(F)c(F)c1)NC1CCN(c2ncccc2F)C1.I. The molecule has 1 aliphatic heterocycles. The van der Waals surface area contributed by atoms with Crippen molar-refractivity contribution in [3.05, 3.63) is 59.5 Å². The molecule has 1 aromatic heterocycles. The van der Waals surface area contributed by atoms with Gasteiger partial charge in [0.2, 0.25) is 0 Å². The highest BCUT2D eigenvalue weighted by Crippen LogP contribution is 2.21. The van der Waals surface area contributed by atoms with Gasteiger partial charge in [0.15, 0.2) is 29.2 Å². The van der Waals surface area contributed by atoms with Gasteiger partial charge in [-0.1, -0.05) is 13.0 Å². The Morgan fingerprint density at radius 1 is 1.24 bits per heavy atom. The largest absolute Gasteiger partial charge is 0.356 e. The first-order valence-corrected chi connectivity index (χ1v) is 9.25. The molecule has 2 heterocycles. The van der Waals surface area contributed by atoms with E-state index in [-0.39, 0.29) is 41.8 Å². The van der Waals surface area contributed by atoms with Gasteiger partial charge in [0, 0.05) is 38.9 Å². The lowest BCUT2D eigenvalue weighted by molar-refractivity contribution is 0.505. The van der Waals surface area contributed by atoms with Crippen LogP contribution in [0.4, 0.5) is 19.0 Å². The Hall–Kier alpha value is -2.04. The smallest absolute Gasteiger partial charge is 0.191 e. The van der Waals surface area contributed by atoms with Gasteiger partial charge in [0.25, 0.3) is 0 Å². The van der Waals surface area contributed by atoms with Crippen LogP contribution in [0.25, 0.3) is 0 Å². The number of nitrogens with one attached hydrogen (secondary N) is 2. The number of pyridine rings is 1. The molecule has 2 unspecified atom stereocenters. The minimum absolute atomic E-state index is 0. The summed E-state index contributed by atoms with van der Waals surface area (Å²) in [7, 11) is 1.67. The summed E-state index contributed by atoms with van der Waals surface area (Å²) in [6.45, 7) is 3.76. The number of anilines is 1. The molecule has 3 rings (SSSR count). The Labute approximate surface area is 185 Å². The molecule has 0 radical (unpaired) electrons. The molecular formula is C20H25F3IN5. The quantitative estimate of drug-likeness (QED) is 0.360. The summed E-state index contributed by atoms with van der Waals surface area (Å²) in [5, 5.41) is 6.53. The van der Waals surface area contributed by atoms with Gasteiger partial charge in [-0.3, -0.25) is 4.99 Å². The van der Waals surface area contributed by atoms with Crippen LogP contribution in [0.2, 0.25) is 0 Å². The van der Waals surface area contributed by atoms with Crippen molar-refractivity contribution in [3.8, 4) is 0 Å². The van der Waals surface area contributed by atoms with E-state index < -0.39 is 11.6 Å². The molecule has 1 aromatic carbocycles. The first-order valence-electron chi connectivity index (χ1n) is 9.25. The summed E-state index contributed by atoms with van der Waals surface area (Å²) in [5.41, 5.74) is 0.708. The van der Waals surface area contributed by atoms with E-state index in [0.717, 1.165) is 12.5 Å². The van der Waals surface area contributed by atoms with Crippen molar-refractivity contribution in [1.82, 2.24) is 15.6 Å². The second-order valence-corrected chi connectivity index (χ2v) is 6.91. The molecule has 0 bridgehead atoms. The van der Waals surface area contributed by atoms with Gasteiger partial charge >= 0.3 is 0 Å². The third-order valence-corrected chi connectivity index (χ3v) is 4.88. The highest BCUT2D eigenvalue weighted by molar-refractivity contribution is 14.0. The fourth-order valence-electron chi connectivity index (χ4n) is 3.26. The van der Waals surface area contributed by atoms with Gasteiger partial charge in [-0.15, -0.1) is 24.0 Å². The fraction of sp³-hybridized carbons (Fsp3) is 0.400. The van der Waals surface area contributed by atoms with E-state index in [1.54, 1.807) is 25.4 Å². The van der Waals surface area contributed by atoms with Crippen LogP contribution < -0.4 is 15.5 Å². The maximum atomic E-state index is 13.9. The highest BCUT2D eigenvalue weighted by atomic mass is 127. The van der Waals surface area contributed by atoms with Crippen molar-refractivity contribution >= 4 is 35.8 Å². The molecule has 1 saturated heterocycles. The predicted molar refractivity (Wildman–Crippen MR) is 119 cm³/mol. The molecule has 1 aliphatic rings.